The normalized spacial score (nSPS) is 15.9. The molecule has 1 rings (SSSR count). The van der Waals surface area contributed by atoms with Crippen molar-refractivity contribution in [1.82, 2.24) is 5.32 Å². The summed E-state index contributed by atoms with van der Waals surface area (Å²) in [5.74, 6) is 0.0421. The van der Waals surface area contributed by atoms with Gasteiger partial charge in [0.2, 0.25) is 5.91 Å². The second-order valence-electron chi connectivity index (χ2n) is 2.70. The van der Waals surface area contributed by atoms with E-state index < -0.39 is 0 Å². The van der Waals surface area contributed by atoms with E-state index >= 15 is 0 Å². The Morgan fingerprint density at radius 3 is 3.09 bits per heavy atom. The number of allylic oxidation sites excluding steroid dienone is 3. The maximum Gasteiger partial charge on any atom is 0.217 e. The van der Waals surface area contributed by atoms with Crippen molar-refractivity contribution in [2.75, 3.05) is 6.54 Å². The summed E-state index contributed by atoms with van der Waals surface area (Å²) in [6.45, 7) is 2.25. The lowest BCUT2D eigenvalue weighted by molar-refractivity contribution is -0.118. The summed E-state index contributed by atoms with van der Waals surface area (Å²) in [7, 11) is 0. The van der Waals surface area contributed by atoms with Crippen LogP contribution in [-0.2, 0) is 4.79 Å². The molecular formula is C9H13NO. The first kappa shape index (κ1) is 8.05. The fourth-order valence-corrected chi connectivity index (χ4v) is 1.04. The molecular weight excluding hydrogens is 138 g/mol. The van der Waals surface area contributed by atoms with E-state index in [0.29, 0.717) is 6.54 Å². The van der Waals surface area contributed by atoms with Gasteiger partial charge in [-0.2, -0.15) is 0 Å². The molecule has 0 aromatic heterocycles. The van der Waals surface area contributed by atoms with Crippen LogP contribution in [0.25, 0.3) is 0 Å². The van der Waals surface area contributed by atoms with Gasteiger partial charge in [-0.25, -0.2) is 0 Å². The minimum Gasteiger partial charge on any atom is -0.353 e. The number of amides is 1. The van der Waals surface area contributed by atoms with E-state index in [1.165, 1.54) is 5.57 Å². The predicted molar refractivity (Wildman–Crippen MR) is 45.1 cm³/mol. The lowest BCUT2D eigenvalue weighted by atomic mass is 10.1. The summed E-state index contributed by atoms with van der Waals surface area (Å²) >= 11 is 0. The maximum atomic E-state index is 10.5. The van der Waals surface area contributed by atoms with Gasteiger partial charge in [-0.15, -0.1) is 0 Å². The van der Waals surface area contributed by atoms with Crippen molar-refractivity contribution in [2.24, 2.45) is 0 Å². The van der Waals surface area contributed by atoms with Crippen molar-refractivity contribution >= 4 is 5.91 Å². The monoisotopic (exact) mass is 151 g/mol. The molecule has 0 spiro atoms. The quantitative estimate of drug-likeness (QED) is 0.635. The Hall–Kier alpha value is -1.05. The molecule has 0 radical (unpaired) electrons. The van der Waals surface area contributed by atoms with E-state index in [2.05, 4.69) is 17.5 Å². The van der Waals surface area contributed by atoms with Crippen molar-refractivity contribution in [1.29, 1.82) is 0 Å². The van der Waals surface area contributed by atoms with E-state index in [0.717, 1.165) is 12.8 Å². The topological polar surface area (TPSA) is 29.1 Å². The summed E-state index contributed by atoms with van der Waals surface area (Å²) < 4.78 is 0. The molecule has 0 bridgehead atoms. The van der Waals surface area contributed by atoms with Crippen molar-refractivity contribution in [2.45, 2.75) is 19.8 Å². The Kier molecular flexibility index (Phi) is 2.90. The molecule has 0 aliphatic heterocycles. The molecule has 1 amide bonds. The molecule has 0 atom stereocenters. The van der Waals surface area contributed by atoms with Crippen molar-refractivity contribution < 1.29 is 4.79 Å². The Labute approximate surface area is 67.0 Å². The smallest absolute Gasteiger partial charge is 0.217 e. The first-order valence-electron chi connectivity index (χ1n) is 3.88. The lowest BCUT2D eigenvalue weighted by Gasteiger charge is -2.08. The SMILES string of the molecule is CC(=O)NCC1=CC=CCC1. The third-order valence-electron chi connectivity index (χ3n) is 1.66. The number of hydrogen-bond donors (Lipinski definition) is 1. The van der Waals surface area contributed by atoms with Crippen molar-refractivity contribution in [3.05, 3.63) is 23.8 Å². The third kappa shape index (κ3) is 3.03. The summed E-state index contributed by atoms with van der Waals surface area (Å²) in [5.41, 5.74) is 1.31. The van der Waals surface area contributed by atoms with Gasteiger partial charge >= 0.3 is 0 Å². The van der Waals surface area contributed by atoms with Crippen LogP contribution in [-0.4, -0.2) is 12.5 Å². The Morgan fingerprint density at radius 1 is 1.73 bits per heavy atom. The Morgan fingerprint density at radius 2 is 2.55 bits per heavy atom. The minimum atomic E-state index is 0.0421. The fraction of sp³-hybridized carbons (Fsp3) is 0.444. The van der Waals surface area contributed by atoms with Gasteiger partial charge < -0.3 is 5.32 Å². The molecule has 0 aromatic carbocycles. The largest absolute Gasteiger partial charge is 0.353 e. The Balaban J connectivity index is 2.31. The molecule has 0 unspecified atom stereocenters. The van der Waals surface area contributed by atoms with Gasteiger partial charge in [0.25, 0.3) is 0 Å². The zero-order valence-corrected chi connectivity index (χ0v) is 6.76. The molecule has 0 saturated heterocycles. The molecule has 0 fully saturated rings. The van der Waals surface area contributed by atoms with Gasteiger partial charge in [-0.05, 0) is 12.8 Å². The van der Waals surface area contributed by atoms with Gasteiger partial charge in [0.1, 0.15) is 0 Å². The third-order valence-corrected chi connectivity index (χ3v) is 1.66. The molecule has 1 aliphatic carbocycles. The molecule has 0 aromatic rings. The highest BCUT2D eigenvalue weighted by atomic mass is 16.1. The van der Waals surface area contributed by atoms with Gasteiger partial charge in [-0.1, -0.05) is 23.8 Å². The number of carbonyl (C=O) groups is 1. The summed E-state index contributed by atoms with van der Waals surface area (Å²) in [6.07, 6.45) is 8.43. The van der Waals surface area contributed by atoms with Crippen LogP contribution in [0.4, 0.5) is 0 Å². The van der Waals surface area contributed by atoms with E-state index in [1.54, 1.807) is 6.92 Å². The highest BCUT2D eigenvalue weighted by Gasteiger charge is 1.99. The molecule has 0 saturated carbocycles. The van der Waals surface area contributed by atoms with Gasteiger partial charge in [0.05, 0.1) is 0 Å². The van der Waals surface area contributed by atoms with Crippen LogP contribution in [0.15, 0.2) is 23.8 Å². The second-order valence-corrected chi connectivity index (χ2v) is 2.70. The predicted octanol–water partition coefficient (Wildman–Crippen LogP) is 1.40. The summed E-state index contributed by atoms with van der Waals surface area (Å²) in [4.78, 5) is 10.5. The molecule has 60 valence electrons. The molecule has 2 heteroatoms. The van der Waals surface area contributed by atoms with E-state index in [-0.39, 0.29) is 5.91 Å². The zero-order chi connectivity index (χ0) is 8.10. The van der Waals surface area contributed by atoms with Crippen LogP contribution in [0.1, 0.15) is 19.8 Å². The highest BCUT2D eigenvalue weighted by molar-refractivity contribution is 5.73. The molecule has 11 heavy (non-hydrogen) atoms. The van der Waals surface area contributed by atoms with Crippen LogP contribution in [0.3, 0.4) is 0 Å². The number of nitrogens with one attached hydrogen (secondary N) is 1. The highest BCUT2D eigenvalue weighted by Crippen LogP contribution is 2.09. The van der Waals surface area contributed by atoms with E-state index in [9.17, 15) is 4.79 Å². The maximum absolute atomic E-state index is 10.5. The molecule has 1 aliphatic rings. The van der Waals surface area contributed by atoms with Crippen LogP contribution >= 0.6 is 0 Å². The number of carbonyl (C=O) groups excluding carboxylic acids is 1. The average molecular weight is 151 g/mol. The molecule has 2 nitrogen and oxygen atoms in total. The lowest BCUT2D eigenvalue weighted by Crippen LogP contribution is -2.22. The zero-order valence-electron chi connectivity index (χ0n) is 6.76. The molecule has 0 heterocycles. The Bertz CT molecular complexity index is 204. The molecule has 1 N–H and O–H groups in total. The fourth-order valence-electron chi connectivity index (χ4n) is 1.04. The first-order chi connectivity index (χ1) is 5.29. The minimum absolute atomic E-state index is 0.0421. The van der Waals surface area contributed by atoms with Crippen LogP contribution in [0.2, 0.25) is 0 Å². The first-order valence-corrected chi connectivity index (χ1v) is 3.88. The van der Waals surface area contributed by atoms with Gasteiger partial charge in [-0.3, -0.25) is 4.79 Å². The van der Waals surface area contributed by atoms with E-state index in [4.69, 9.17) is 0 Å². The second kappa shape index (κ2) is 3.96. The average Bonchev–Trinajstić information content (AvgIpc) is 2.03. The summed E-state index contributed by atoms with van der Waals surface area (Å²) in [5, 5.41) is 2.77. The van der Waals surface area contributed by atoms with Gasteiger partial charge in [0, 0.05) is 13.5 Å². The van der Waals surface area contributed by atoms with E-state index in [1.807, 2.05) is 6.08 Å². The van der Waals surface area contributed by atoms with Gasteiger partial charge in [0.15, 0.2) is 0 Å². The van der Waals surface area contributed by atoms with Crippen LogP contribution in [0.5, 0.6) is 0 Å². The number of rotatable bonds is 2. The standard InChI is InChI=1S/C9H13NO/c1-8(11)10-7-9-5-3-2-4-6-9/h2-3,5H,4,6-7H2,1H3,(H,10,11). The van der Waals surface area contributed by atoms with Crippen LogP contribution in [0, 0.1) is 0 Å². The summed E-state index contributed by atoms with van der Waals surface area (Å²) in [6, 6.07) is 0. The number of hydrogen-bond acceptors (Lipinski definition) is 1. The van der Waals surface area contributed by atoms with Crippen LogP contribution < -0.4 is 5.32 Å². The van der Waals surface area contributed by atoms with Crippen molar-refractivity contribution in [3.8, 4) is 0 Å². The van der Waals surface area contributed by atoms with Crippen molar-refractivity contribution in [3.63, 3.8) is 0 Å².